The normalized spacial score (nSPS) is 11.1. The van der Waals surface area contributed by atoms with Gasteiger partial charge < -0.3 is 5.32 Å². The van der Waals surface area contributed by atoms with Crippen LogP contribution in [0.5, 0.6) is 0 Å². The Morgan fingerprint density at radius 1 is 1.27 bits per heavy atom. The molecule has 0 spiro atoms. The van der Waals surface area contributed by atoms with Crippen molar-refractivity contribution in [1.29, 1.82) is 0 Å². The second-order valence-electron chi connectivity index (χ2n) is 5.49. The third-order valence-electron chi connectivity index (χ3n) is 3.53. The van der Waals surface area contributed by atoms with Crippen molar-refractivity contribution in [2.24, 2.45) is 0 Å². The Balaban J connectivity index is 1.88. The van der Waals surface area contributed by atoms with E-state index in [4.69, 9.17) is 12.2 Å². The molecule has 26 heavy (non-hydrogen) atoms. The minimum Gasteiger partial charge on any atom is -0.331 e. The topological polar surface area (TPSA) is 71.0 Å². The lowest BCUT2D eigenvalue weighted by Crippen LogP contribution is -2.45. The van der Waals surface area contributed by atoms with Gasteiger partial charge in [-0.15, -0.1) is 0 Å². The molecule has 0 saturated heterocycles. The lowest BCUT2D eigenvalue weighted by atomic mass is 10.1. The van der Waals surface area contributed by atoms with E-state index in [1.807, 2.05) is 32.0 Å². The summed E-state index contributed by atoms with van der Waals surface area (Å²) in [6.45, 7) is 3.56. The fourth-order valence-corrected chi connectivity index (χ4v) is 2.41. The van der Waals surface area contributed by atoms with Gasteiger partial charge in [0.05, 0.1) is 0 Å². The lowest BCUT2D eigenvalue weighted by Gasteiger charge is -2.16. The largest absolute Gasteiger partial charge is 0.435 e. The van der Waals surface area contributed by atoms with Gasteiger partial charge in [-0.3, -0.25) is 20.3 Å². The van der Waals surface area contributed by atoms with E-state index in [9.17, 15) is 18.0 Å². The van der Waals surface area contributed by atoms with Crippen LogP contribution < -0.4 is 16.2 Å². The first-order valence-electron chi connectivity index (χ1n) is 7.75. The number of hydrazine groups is 1. The van der Waals surface area contributed by atoms with Crippen molar-refractivity contribution in [3.05, 3.63) is 47.3 Å². The van der Waals surface area contributed by atoms with Gasteiger partial charge in [0.25, 0.3) is 5.91 Å². The number of alkyl halides is 3. The molecule has 0 atom stereocenters. The van der Waals surface area contributed by atoms with Crippen molar-refractivity contribution in [3.8, 4) is 0 Å². The maximum absolute atomic E-state index is 12.5. The van der Waals surface area contributed by atoms with Crippen LogP contribution in [0.3, 0.4) is 0 Å². The van der Waals surface area contributed by atoms with Crippen LogP contribution in [0.2, 0.25) is 0 Å². The predicted octanol–water partition coefficient (Wildman–Crippen LogP) is 2.79. The Bertz CT molecular complexity index is 803. The Labute approximate surface area is 153 Å². The van der Waals surface area contributed by atoms with Crippen molar-refractivity contribution in [3.63, 3.8) is 0 Å². The third-order valence-corrected chi connectivity index (χ3v) is 3.73. The number of thiocarbonyl (C=S) groups is 1. The summed E-state index contributed by atoms with van der Waals surface area (Å²) in [4.78, 5) is 11.8. The minimum atomic E-state index is -4.55. The molecular weight excluding hydrogens is 367 g/mol. The number of halogens is 3. The zero-order chi connectivity index (χ0) is 19.3. The van der Waals surface area contributed by atoms with Crippen LogP contribution in [0.4, 0.5) is 18.9 Å². The van der Waals surface area contributed by atoms with E-state index in [-0.39, 0.29) is 11.7 Å². The molecule has 10 heteroatoms. The average Bonchev–Trinajstić information content (AvgIpc) is 3.03. The summed E-state index contributed by atoms with van der Waals surface area (Å²) in [6.07, 6.45) is -2.66. The number of rotatable bonds is 4. The number of hydrogen-bond donors (Lipinski definition) is 3. The Kier molecular flexibility index (Phi) is 6.19. The number of hydrogen-bond acceptors (Lipinski definition) is 3. The molecule has 1 heterocycles. The summed E-state index contributed by atoms with van der Waals surface area (Å²) in [5.74, 6) is -0.591. The zero-order valence-electron chi connectivity index (χ0n) is 14.1. The number of nitrogens with one attached hydrogen (secondary N) is 3. The van der Waals surface area contributed by atoms with Gasteiger partial charge in [0.2, 0.25) is 0 Å². The van der Waals surface area contributed by atoms with Gasteiger partial charge in [-0.05, 0) is 42.8 Å². The molecule has 0 aliphatic carbocycles. The smallest absolute Gasteiger partial charge is 0.331 e. The third kappa shape index (κ3) is 5.19. The molecule has 1 amide bonds. The molecule has 0 bridgehead atoms. The Morgan fingerprint density at radius 2 is 2.00 bits per heavy atom. The lowest BCUT2D eigenvalue weighted by molar-refractivity contribution is -0.141. The molecule has 2 rings (SSSR count). The van der Waals surface area contributed by atoms with Gasteiger partial charge in [-0.25, -0.2) is 0 Å². The first-order valence-corrected chi connectivity index (χ1v) is 8.16. The number of nitrogens with zero attached hydrogens (tertiary/aromatic N) is 2. The highest BCUT2D eigenvalue weighted by atomic mass is 32.1. The van der Waals surface area contributed by atoms with Crippen molar-refractivity contribution in [1.82, 2.24) is 20.6 Å². The van der Waals surface area contributed by atoms with Gasteiger partial charge in [0.1, 0.15) is 6.54 Å². The molecule has 0 saturated carbocycles. The van der Waals surface area contributed by atoms with Gasteiger partial charge in [-0.2, -0.15) is 18.3 Å². The molecule has 0 unspecified atom stereocenters. The maximum Gasteiger partial charge on any atom is 0.435 e. The summed E-state index contributed by atoms with van der Waals surface area (Å²) in [5, 5.41) is 6.48. The monoisotopic (exact) mass is 385 g/mol. The highest BCUT2D eigenvalue weighted by Gasteiger charge is 2.33. The summed E-state index contributed by atoms with van der Waals surface area (Å²) in [7, 11) is 0. The average molecular weight is 385 g/mol. The van der Waals surface area contributed by atoms with Crippen LogP contribution >= 0.6 is 12.2 Å². The van der Waals surface area contributed by atoms with Gasteiger partial charge in [-0.1, -0.05) is 25.1 Å². The van der Waals surface area contributed by atoms with Crippen molar-refractivity contribution >= 4 is 28.9 Å². The van der Waals surface area contributed by atoms with Crippen molar-refractivity contribution < 1.29 is 18.0 Å². The highest BCUT2D eigenvalue weighted by molar-refractivity contribution is 7.80. The van der Waals surface area contributed by atoms with E-state index in [2.05, 4.69) is 21.3 Å². The number of amides is 1. The number of anilines is 1. The zero-order valence-corrected chi connectivity index (χ0v) is 15.0. The fourth-order valence-electron chi connectivity index (χ4n) is 2.26. The van der Waals surface area contributed by atoms with E-state index in [1.54, 1.807) is 0 Å². The van der Waals surface area contributed by atoms with E-state index in [0.29, 0.717) is 0 Å². The van der Waals surface area contributed by atoms with E-state index >= 15 is 0 Å². The second-order valence-corrected chi connectivity index (χ2v) is 5.89. The van der Waals surface area contributed by atoms with Gasteiger partial charge in [0.15, 0.2) is 10.8 Å². The summed E-state index contributed by atoms with van der Waals surface area (Å²) in [5.41, 5.74) is 6.71. The number of aromatic nitrogens is 2. The van der Waals surface area contributed by atoms with Crippen LogP contribution in [0, 0.1) is 6.92 Å². The quantitative estimate of drug-likeness (QED) is 0.558. The second kappa shape index (κ2) is 8.17. The Morgan fingerprint density at radius 3 is 2.62 bits per heavy atom. The number of aryl methyl sites for hydroxylation is 2. The van der Waals surface area contributed by atoms with Crippen LogP contribution in [0.1, 0.15) is 23.7 Å². The predicted molar refractivity (Wildman–Crippen MR) is 95.3 cm³/mol. The fraction of sp³-hybridized carbons (Fsp3) is 0.312. The van der Waals surface area contributed by atoms with Crippen LogP contribution in [-0.2, 0) is 23.9 Å². The van der Waals surface area contributed by atoms with Crippen molar-refractivity contribution in [2.45, 2.75) is 33.0 Å². The van der Waals surface area contributed by atoms with Gasteiger partial charge in [0, 0.05) is 11.9 Å². The maximum atomic E-state index is 12.5. The molecule has 2 aromatic rings. The van der Waals surface area contributed by atoms with Crippen molar-refractivity contribution in [2.75, 3.05) is 5.32 Å². The SMILES string of the molecule is CCc1cccc(C)c1NC(=S)NNC(=O)Cn1ccc(C(F)(F)F)n1. The molecule has 1 aromatic carbocycles. The highest BCUT2D eigenvalue weighted by Crippen LogP contribution is 2.27. The molecule has 0 aliphatic heterocycles. The molecular formula is C16H18F3N5OS. The first kappa shape index (κ1) is 19.7. The summed E-state index contributed by atoms with van der Waals surface area (Å²) < 4.78 is 38.3. The van der Waals surface area contributed by atoms with Crippen LogP contribution in [0.25, 0.3) is 0 Å². The van der Waals surface area contributed by atoms with E-state index < -0.39 is 17.8 Å². The number of benzene rings is 1. The van der Waals surface area contributed by atoms with Gasteiger partial charge >= 0.3 is 6.18 Å². The Hall–Kier alpha value is -2.62. The summed E-state index contributed by atoms with van der Waals surface area (Å²) >= 11 is 5.13. The molecule has 0 aliphatic rings. The number of para-hydroxylation sites is 1. The van der Waals surface area contributed by atoms with E-state index in [0.717, 1.165) is 40.2 Å². The molecule has 6 nitrogen and oxygen atoms in total. The molecule has 3 N–H and O–H groups in total. The number of carbonyl (C=O) groups excluding carboxylic acids is 1. The minimum absolute atomic E-state index is 0.166. The molecule has 0 radical (unpaired) electrons. The standard InChI is InChI=1S/C16H18F3N5OS/c1-3-11-6-4-5-10(2)14(11)20-15(26)22-21-13(25)9-24-8-7-12(23-24)16(17,18)19/h4-8H,3,9H2,1-2H3,(H,21,25)(H2,20,22,26). The van der Waals surface area contributed by atoms with E-state index in [1.165, 1.54) is 0 Å². The molecule has 140 valence electrons. The molecule has 0 fully saturated rings. The molecule has 1 aromatic heterocycles. The number of carbonyl (C=O) groups is 1. The van der Waals surface area contributed by atoms with Crippen LogP contribution in [0.15, 0.2) is 30.5 Å². The summed E-state index contributed by atoms with van der Waals surface area (Å²) in [6, 6.07) is 6.64. The van der Waals surface area contributed by atoms with Crippen LogP contribution in [-0.4, -0.2) is 20.8 Å². The first-order chi connectivity index (χ1) is 12.2.